The summed E-state index contributed by atoms with van der Waals surface area (Å²) in [5.41, 5.74) is -0.671. The minimum Gasteiger partial charge on any atom is -0.443 e. The molecule has 0 N–H and O–H groups in total. The molecule has 0 aromatic heterocycles. The average molecular weight is 294 g/mol. The van der Waals surface area contributed by atoms with Crippen LogP contribution in [0.4, 0.5) is 16.2 Å². The Morgan fingerprint density at radius 3 is 2.52 bits per heavy atom. The van der Waals surface area contributed by atoms with Crippen LogP contribution in [0.5, 0.6) is 0 Å². The predicted molar refractivity (Wildman–Crippen MR) is 77.3 cm³/mol. The number of hydrogen-bond acceptors (Lipinski definition) is 5. The Bertz CT molecular complexity index is 551. The first kappa shape index (κ1) is 16.6. The lowest BCUT2D eigenvalue weighted by molar-refractivity contribution is -0.384. The topological polar surface area (TPSA) is 89.8 Å². The molecule has 0 saturated heterocycles. The van der Waals surface area contributed by atoms with Gasteiger partial charge >= 0.3 is 6.09 Å². The van der Waals surface area contributed by atoms with E-state index in [1.54, 1.807) is 20.8 Å². The molecule has 0 saturated carbocycles. The van der Waals surface area contributed by atoms with E-state index < -0.39 is 22.7 Å². The summed E-state index contributed by atoms with van der Waals surface area (Å²) < 4.78 is 5.24. The van der Waals surface area contributed by atoms with E-state index in [0.717, 1.165) is 4.90 Å². The summed E-state index contributed by atoms with van der Waals surface area (Å²) in [6, 6.07) is 4.69. The molecule has 0 spiro atoms. The fourth-order valence-electron chi connectivity index (χ4n) is 1.64. The van der Waals surface area contributed by atoms with E-state index in [2.05, 4.69) is 0 Å². The molecule has 0 heterocycles. The molecule has 1 rings (SSSR count). The van der Waals surface area contributed by atoms with Crippen LogP contribution in [0, 0.1) is 10.1 Å². The largest absolute Gasteiger partial charge is 0.443 e. The molecule has 0 bridgehead atoms. The molecule has 1 aromatic carbocycles. The number of rotatable bonds is 4. The van der Waals surface area contributed by atoms with Gasteiger partial charge in [-0.25, -0.2) is 4.79 Å². The number of nitro groups is 1. The molecule has 0 aliphatic heterocycles. The Balaban J connectivity index is 3.19. The summed E-state index contributed by atoms with van der Waals surface area (Å²) in [7, 11) is 0. The number of ether oxygens (including phenoxy) is 1. The Hall–Kier alpha value is -2.44. The van der Waals surface area contributed by atoms with Crippen LogP contribution >= 0.6 is 0 Å². The highest BCUT2D eigenvalue weighted by Gasteiger charge is 2.28. The zero-order chi connectivity index (χ0) is 16.2. The van der Waals surface area contributed by atoms with Gasteiger partial charge in [-0.05, 0) is 33.8 Å². The van der Waals surface area contributed by atoms with E-state index >= 15 is 0 Å². The van der Waals surface area contributed by atoms with Gasteiger partial charge in [0.05, 0.1) is 16.7 Å². The van der Waals surface area contributed by atoms with E-state index in [9.17, 15) is 19.7 Å². The third kappa shape index (κ3) is 4.55. The molecule has 0 aliphatic carbocycles. The molecule has 114 valence electrons. The van der Waals surface area contributed by atoms with E-state index in [-0.39, 0.29) is 11.4 Å². The quantitative estimate of drug-likeness (QED) is 0.484. The number of nitrogens with zero attached hydrogens (tertiary/aromatic N) is 2. The number of anilines is 1. The number of hydrogen-bond donors (Lipinski definition) is 0. The lowest BCUT2D eigenvalue weighted by atomic mass is 10.2. The van der Waals surface area contributed by atoms with Gasteiger partial charge in [0.1, 0.15) is 11.9 Å². The minimum absolute atomic E-state index is 0.167. The van der Waals surface area contributed by atoms with Crippen molar-refractivity contribution >= 4 is 23.8 Å². The highest BCUT2D eigenvalue weighted by atomic mass is 16.6. The lowest BCUT2D eigenvalue weighted by Gasteiger charge is -2.29. The fourth-order valence-corrected chi connectivity index (χ4v) is 1.64. The SMILES string of the molecule is C[C@@H](C=O)N(C(=O)OC(C)(C)C)c1cccc([N+](=O)[O-])c1. The molecule has 0 fully saturated rings. The summed E-state index contributed by atoms with van der Waals surface area (Å²) in [6.45, 7) is 6.60. The molecule has 7 heteroatoms. The number of carbonyl (C=O) groups excluding carboxylic acids is 2. The standard InChI is InChI=1S/C14H18N2O5/c1-10(9-17)15(13(18)21-14(2,3)4)11-6-5-7-12(8-11)16(19)20/h5-10H,1-4H3/t10-/m0/s1. The molecule has 0 aliphatic rings. The average Bonchev–Trinajstić information content (AvgIpc) is 2.36. The van der Waals surface area contributed by atoms with Crippen LogP contribution in [0.2, 0.25) is 0 Å². The summed E-state index contributed by atoms with van der Waals surface area (Å²) in [4.78, 5) is 34.6. The number of nitro benzene ring substituents is 1. The monoisotopic (exact) mass is 294 g/mol. The van der Waals surface area contributed by atoms with Crippen molar-refractivity contribution in [3.63, 3.8) is 0 Å². The summed E-state index contributed by atoms with van der Waals surface area (Å²) in [5.74, 6) is 0. The maximum absolute atomic E-state index is 12.2. The highest BCUT2D eigenvalue weighted by Crippen LogP contribution is 2.24. The highest BCUT2D eigenvalue weighted by molar-refractivity contribution is 5.92. The molecule has 0 unspecified atom stereocenters. The van der Waals surface area contributed by atoms with Crippen molar-refractivity contribution in [2.45, 2.75) is 39.3 Å². The van der Waals surface area contributed by atoms with Gasteiger partial charge in [0.25, 0.3) is 5.69 Å². The van der Waals surface area contributed by atoms with Crippen LogP contribution in [0.15, 0.2) is 24.3 Å². The summed E-state index contributed by atoms with van der Waals surface area (Å²) in [5, 5.41) is 10.8. The summed E-state index contributed by atoms with van der Waals surface area (Å²) in [6.07, 6.45) is -0.162. The van der Waals surface area contributed by atoms with Crippen molar-refractivity contribution in [3.8, 4) is 0 Å². The third-order valence-corrected chi connectivity index (χ3v) is 2.51. The number of aldehydes is 1. The van der Waals surface area contributed by atoms with Crippen LogP contribution in [0.1, 0.15) is 27.7 Å². The molecule has 1 aromatic rings. The first-order valence-electron chi connectivity index (χ1n) is 6.37. The number of non-ortho nitro benzene ring substituents is 1. The van der Waals surface area contributed by atoms with Crippen LogP contribution in [-0.2, 0) is 9.53 Å². The fraction of sp³-hybridized carbons (Fsp3) is 0.429. The second-order valence-electron chi connectivity index (χ2n) is 5.50. The van der Waals surface area contributed by atoms with Gasteiger partial charge in [-0.2, -0.15) is 0 Å². The zero-order valence-electron chi connectivity index (χ0n) is 12.4. The maximum atomic E-state index is 12.2. The van der Waals surface area contributed by atoms with E-state index in [0.29, 0.717) is 6.29 Å². The zero-order valence-corrected chi connectivity index (χ0v) is 12.4. The normalized spacial score (nSPS) is 12.4. The Labute approximate surface area is 122 Å². The van der Waals surface area contributed by atoms with E-state index in [4.69, 9.17) is 4.74 Å². The van der Waals surface area contributed by atoms with Crippen molar-refractivity contribution in [2.75, 3.05) is 4.90 Å². The van der Waals surface area contributed by atoms with Gasteiger partial charge in [0, 0.05) is 12.1 Å². The molecule has 1 atom stereocenters. The van der Waals surface area contributed by atoms with Crippen molar-refractivity contribution in [1.29, 1.82) is 0 Å². The Morgan fingerprint density at radius 1 is 1.43 bits per heavy atom. The van der Waals surface area contributed by atoms with Gasteiger partial charge in [-0.15, -0.1) is 0 Å². The van der Waals surface area contributed by atoms with Crippen molar-refractivity contribution in [1.82, 2.24) is 0 Å². The van der Waals surface area contributed by atoms with Gasteiger partial charge in [0.15, 0.2) is 0 Å². The minimum atomic E-state index is -0.804. The second kappa shape index (κ2) is 6.34. The molecule has 21 heavy (non-hydrogen) atoms. The molecular formula is C14H18N2O5. The van der Waals surface area contributed by atoms with Gasteiger partial charge < -0.3 is 9.53 Å². The summed E-state index contributed by atoms with van der Waals surface area (Å²) >= 11 is 0. The third-order valence-electron chi connectivity index (χ3n) is 2.51. The van der Waals surface area contributed by atoms with Crippen LogP contribution in [-0.4, -0.2) is 28.9 Å². The molecule has 0 radical (unpaired) electrons. The number of carbonyl (C=O) groups is 2. The van der Waals surface area contributed by atoms with E-state index in [1.165, 1.54) is 31.2 Å². The predicted octanol–water partition coefficient (Wildman–Crippen LogP) is 2.92. The van der Waals surface area contributed by atoms with Crippen LogP contribution in [0.3, 0.4) is 0 Å². The molecule has 1 amide bonds. The molecule has 7 nitrogen and oxygen atoms in total. The van der Waals surface area contributed by atoms with Crippen molar-refractivity contribution < 1.29 is 19.2 Å². The van der Waals surface area contributed by atoms with Crippen molar-refractivity contribution in [2.24, 2.45) is 0 Å². The molecular weight excluding hydrogens is 276 g/mol. The van der Waals surface area contributed by atoms with Crippen molar-refractivity contribution in [3.05, 3.63) is 34.4 Å². The van der Waals surface area contributed by atoms with Crippen LogP contribution < -0.4 is 4.90 Å². The van der Waals surface area contributed by atoms with Gasteiger partial charge in [-0.3, -0.25) is 15.0 Å². The van der Waals surface area contributed by atoms with E-state index in [1.807, 2.05) is 0 Å². The van der Waals surface area contributed by atoms with Gasteiger partial charge in [-0.1, -0.05) is 6.07 Å². The Morgan fingerprint density at radius 2 is 2.05 bits per heavy atom. The lowest BCUT2D eigenvalue weighted by Crippen LogP contribution is -2.43. The van der Waals surface area contributed by atoms with Crippen LogP contribution in [0.25, 0.3) is 0 Å². The first-order valence-corrected chi connectivity index (χ1v) is 6.37. The number of benzene rings is 1. The smallest absolute Gasteiger partial charge is 0.415 e. The second-order valence-corrected chi connectivity index (χ2v) is 5.50. The maximum Gasteiger partial charge on any atom is 0.415 e. The number of amides is 1. The first-order chi connectivity index (χ1) is 9.65. The Kier molecular flexibility index (Phi) is 5.02. The van der Waals surface area contributed by atoms with Gasteiger partial charge in [0.2, 0.25) is 0 Å².